The number of carbonyl (C=O) groups is 1. The molecule has 1 amide bonds. The molecule has 4 nitrogen and oxygen atoms in total. The Morgan fingerprint density at radius 2 is 2.19 bits per heavy atom. The molecule has 1 N–H and O–H groups in total. The highest BCUT2D eigenvalue weighted by molar-refractivity contribution is 9.10. The number of likely N-dealkylation sites (tertiary alicyclic amines) is 1. The van der Waals surface area contributed by atoms with Gasteiger partial charge in [0.2, 0.25) is 5.91 Å². The summed E-state index contributed by atoms with van der Waals surface area (Å²) in [6.07, 6.45) is 0.627. The molecule has 1 saturated heterocycles. The Morgan fingerprint density at radius 1 is 1.48 bits per heavy atom. The summed E-state index contributed by atoms with van der Waals surface area (Å²) in [5.41, 5.74) is 1.10. The summed E-state index contributed by atoms with van der Waals surface area (Å²) in [6, 6.07) is 7.93. The van der Waals surface area contributed by atoms with Crippen molar-refractivity contribution >= 4 is 21.8 Å². The smallest absolute Gasteiger partial charge is 0.236 e. The maximum Gasteiger partial charge on any atom is 0.236 e. The zero-order valence-electron chi connectivity index (χ0n) is 12.6. The molecule has 1 aromatic rings. The lowest BCUT2D eigenvalue weighted by atomic mass is 9.96. The molecular weight excluding hydrogens is 332 g/mol. The van der Waals surface area contributed by atoms with Crippen LogP contribution >= 0.6 is 15.9 Å². The molecule has 2 rings (SSSR count). The molecule has 0 saturated carbocycles. The number of nitrogens with zero attached hydrogens (tertiary/aromatic N) is 2. The molecule has 2 unspecified atom stereocenters. The number of rotatable bonds is 4. The molecule has 0 bridgehead atoms. The molecule has 0 radical (unpaired) electrons. The average Bonchev–Trinajstić information content (AvgIpc) is 2.45. The van der Waals surface area contributed by atoms with Crippen molar-refractivity contribution in [3.63, 3.8) is 0 Å². The van der Waals surface area contributed by atoms with E-state index in [-0.39, 0.29) is 12.0 Å². The number of hydrogen-bond acceptors (Lipinski definition) is 3. The summed E-state index contributed by atoms with van der Waals surface area (Å²) in [6.45, 7) is 4.50. The van der Waals surface area contributed by atoms with Gasteiger partial charge < -0.3 is 10.0 Å². The first-order valence-electron chi connectivity index (χ1n) is 7.35. The van der Waals surface area contributed by atoms with Gasteiger partial charge in [0, 0.05) is 24.6 Å². The quantitative estimate of drug-likeness (QED) is 0.900. The standard InChI is InChI=1S/C16H23BrN2O2/c1-12-7-8-19(10-15(12)20)11-16(21)18(2)9-13-5-3-4-6-14(13)17/h3-6,12,15,20H,7-11H2,1-2H3. The van der Waals surface area contributed by atoms with Crippen molar-refractivity contribution in [1.29, 1.82) is 0 Å². The van der Waals surface area contributed by atoms with Crippen LogP contribution in [0.5, 0.6) is 0 Å². The highest BCUT2D eigenvalue weighted by Crippen LogP contribution is 2.19. The van der Waals surface area contributed by atoms with E-state index in [1.807, 2.05) is 36.2 Å². The van der Waals surface area contributed by atoms with Gasteiger partial charge in [-0.15, -0.1) is 0 Å². The first-order valence-corrected chi connectivity index (χ1v) is 8.14. The number of hydrogen-bond donors (Lipinski definition) is 1. The third-order valence-electron chi connectivity index (χ3n) is 4.15. The fourth-order valence-electron chi connectivity index (χ4n) is 2.54. The molecule has 1 fully saturated rings. The highest BCUT2D eigenvalue weighted by atomic mass is 79.9. The van der Waals surface area contributed by atoms with Gasteiger partial charge in [-0.2, -0.15) is 0 Å². The fourth-order valence-corrected chi connectivity index (χ4v) is 2.95. The average molecular weight is 355 g/mol. The molecular formula is C16H23BrN2O2. The van der Waals surface area contributed by atoms with Crippen LogP contribution in [0, 0.1) is 5.92 Å². The molecule has 5 heteroatoms. The number of amides is 1. The Balaban J connectivity index is 1.87. The van der Waals surface area contributed by atoms with Gasteiger partial charge in [0.25, 0.3) is 0 Å². The summed E-state index contributed by atoms with van der Waals surface area (Å²) in [7, 11) is 1.82. The van der Waals surface area contributed by atoms with Gasteiger partial charge in [0.1, 0.15) is 0 Å². The first-order chi connectivity index (χ1) is 9.97. The Hall–Kier alpha value is -0.910. The van der Waals surface area contributed by atoms with Crippen LogP contribution in [-0.4, -0.2) is 53.6 Å². The van der Waals surface area contributed by atoms with Gasteiger partial charge in [-0.05, 0) is 30.5 Å². The van der Waals surface area contributed by atoms with Crippen molar-refractivity contribution < 1.29 is 9.90 Å². The molecule has 1 aliphatic heterocycles. The minimum Gasteiger partial charge on any atom is -0.392 e. The Kier molecular flexibility index (Phi) is 5.79. The van der Waals surface area contributed by atoms with Gasteiger partial charge in [-0.1, -0.05) is 41.1 Å². The van der Waals surface area contributed by atoms with Crippen molar-refractivity contribution in [2.24, 2.45) is 5.92 Å². The number of benzene rings is 1. The predicted molar refractivity (Wildman–Crippen MR) is 86.8 cm³/mol. The maximum absolute atomic E-state index is 12.3. The Labute approximate surface area is 134 Å². The normalized spacial score (nSPS) is 23.0. The number of piperidine rings is 1. The number of likely N-dealkylation sites (N-methyl/N-ethyl adjacent to an activating group) is 1. The van der Waals surface area contributed by atoms with E-state index in [2.05, 4.69) is 22.9 Å². The minimum absolute atomic E-state index is 0.0903. The van der Waals surface area contributed by atoms with Crippen LogP contribution in [0.4, 0.5) is 0 Å². The number of aliphatic hydroxyl groups excluding tert-OH is 1. The second-order valence-electron chi connectivity index (χ2n) is 5.91. The zero-order valence-corrected chi connectivity index (χ0v) is 14.2. The molecule has 0 aromatic heterocycles. The van der Waals surface area contributed by atoms with Gasteiger partial charge in [0.15, 0.2) is 0 Å². The first kappa shape index (κ1) is 16.5. The Morgan fingerprint density at radius 3 is 2.86 bits per heavy atom. The summed E-state index contributed by atoms with van der Waals surface area (Å²) >= 11 is 3.51. The lowest BCUT2D eigenvalue weighted by molar-refractivity contribution is -0.132. The van der Waals surface area contributed by atoms with E-state index in [9.17, 15) is 9.90 Å². The van der Waals surface area contributed by atoms with Crippen molar-refractivity contribution in [2.75, 3.05) is 26.7 Å². The van der Waals surface area contributed by atoms with E-state index in [0.29, 0.717) is 25.6 Å². The van der Waals surface area contributed by atoms with E-state index in [1.54, 1.807) is 4.90 Å². The lowest BCUT2D eigenvalue weighted by Crippen LogP contribution is -2.47. The lowest BCUT2D eigenvalue weighted by Gasteiger charge is -2.34. The summed E-state index contributed by atoms with van der Waals surface area (Å²) in [5, 5.41) is 9.90. The van der Waals surface area contributed by atoms with E-state index in [1.165, 1.54) is 0 Å². The molecule has 1 aliphatic rings. The molecule has 0 spiro atoms. The third-order valence-corrected chi connectivity index (χ3v) is 4.93. The molecule has 0 aliphatic carbocycles. The van der Waals surface area contributed by atoms with E-state index >= 15 is 0 Å². The highest BCUT2D eigenvalue weighted by Gasteiger charge is 2.26. The SMILES string of the molecule is CC1CCN(CC(=O)N(C)Cc2ccccc2Br)CC1O. The van der Waals surface area contributed by atoms with E-state index in [0.717, 1.165) is 23.0 Å². The van der Waals surface area contributed by atoms with Crippen molar-refractivity contribution in [3.05, 3.63) is 34.3 Å². The molecule has 2 atom stereocenters. The maximum atomic E-state index is 12.3. The second-order valence-corrected chi connectivity index (χ2v) is 6.76. The van der Waals surface area contributed by atoms with Crippen molar-refractivity contribution in [3.8, 4) is 0 Å². The van der Waals surface area contributed by atoms with Gasteiger partial charge >= 0.3 is 0 Å². The summed E-state index contributed by atoms with van der Waals surface area (Å²) in [4.78, 5) is 16.1. The number of β-amino-alcohol motifs (C(OH)–C–C–N with tert-alkyl or cyclic N) is 1. The van der Waals surface area contributed by atoms with Crippen LogP contribution < -0.4 is 0 Å². The molecule has 116 valence electrons. The van der Waals surface area contributed by atoms with Gasteiger partial charge in [0.05, 0.1) is 12.6 Å². The largest absolute Gasteiger partial charge is 0.392 e. The Bertz CT molecular complexity index is 495. The van der Waals surface area contributed by atoms with Crippen LogP contribution in [0.1, 0.15) is 18.9 Å². The third kappa shape index (κ3) is 4.53. The zero-order chi connectivity index (χ0) is 15.4. The van der Waals surface area contributed by atoms with Gasteiger partial charge in [-0.25, -0.2) is 0 Å². The molecule has 1 heterocycles. The van der Waals surface area contributed by atoms with Crippen LogP contribution in [0.2, 0.25) is 0 Å². The molecule has 1 aromatic carbocycles. The van der Waals surface area contributed by atoms with E-state index in [4.69, 9.17) is 0 Å². The van der Waals surface area contributed by atoms with Crippen LogP contribution in [0.15, 0.2) is 28.7 Å². The van der Waals surface area contributed by atoms with Crippen LogP contribution in [0.3, 0.4) is 0 Å². The summed E-state index contributed by atoms with van der Waals surface area (Å²) in [5.74, 6) is 0.418. The topological polar surface area (TPSA) is 43.8 Å². The van der Waals surface area contributed by atoms with E-state index < -0.39 is 0 Å². The molecule has 21 heavy (non-hydrogen) atoms. The van der Waals surface area contributed by atoms with Crippen LogP contribution in [0.25, 0.3) is 0 Å². The predicted octanol–water partition coefficient (Wildman–Crippen LogP) is 2.11. The number of carbonyl (C=O) groups excluding carboxylic acids is 1. The van der Waals surface area contributed by atoms with Crippen LogP contribution in [-0.2, 0) is 11.3 Å². The van der Waals surface area contributed by atoms with Crippen molar-refractivity contribution in [2.45, 2.75) is 26.0 Å². The fraction of sp³-hybridized carbons (Fsp3) is 0.562. The second kappa shape index (κ2) is 7.38. The number of aliphatic hydroxyl groups is 1. The summed E-state index contributed by atoms with van der Waals surface area (Å²) < 4.78 is 1.02. The van der Waals surface area contributed by atoms with Gasteiger partial charge in [-0.3, -0.25) is 9.69 Å². The van der Waals surface area contributed by atoms with Crippen molar-refractivity contribution in [1.82, 2.24) is 9.80 Å². The monoisotopic (exact) mass is 354 g/mol. The number of halogens is 1. The minimum atomic E-state index is -0.319.